The second-order valence-electron chi connectivity index (χ2n) is 6.43. The second-order valence-corrected chi connectivity index (χ2v) is 6.43. The molecule has 118 valence electrons. The highest BCUT2D eigenvalue weighted by Gasteiger charge is 2.35. The molecule has 2 aromatic heterocycles. The van der Waals surface area contributed by atoms with Gasteiger partial charge in [-0.1, -0.05) is 43.2 Å². The number of aryl methyl sites for hydroxylation is 1. The Morgan fingerprint density at radius 2 is 1.91 bits per heavy atom. The van der Waals surface area contributed by atoms with Crippen LogP contribution in [-0.2, 0) is 12.5 Å². The minimum absolute atomic E-state index is 0.209. The molecular formula is C18H21N5. The van der Waals surface area contributed by atoms with Gasteiger partial charge in [-0.05, 0) is 18.4 Å². The number of nitrogens with one attached hydrogen (secondary N) is 1. The number of hydrogen-bond acceptors (Lipinski definition) is 4. The minimum atomic E-state index is 0.209. The summed E-state index contributed by atoms with van der Waals surface area (Å²) in [5.41, 5.74) is 2.50. The molecule has 0 amide bonds. The number of hydrogen-bond donors (Lipinski definition) is 1. The fourth-order valence-electron chi connectivity index (χ4n) is 3.77. The fraction of sp³-hybridized carbons (Fsp3) is 0.389. The first-order valence-corrected chi connectivity index (χ1v) is 8.21. The van der Waals surface area contributed by atoms with E-state index in [1.54, 1.807) is 11.0 Å². The maximum atomic E-state index is 4.43. The van der Waals surface area contributed by atoms with Crippen LogP contribution in [-0.4, -0.2) is 26.3 Å². The molecule has 1 fully saturated rings. The number of aromatic nitrogens is 4. The molecule has 0 unspecified atom stereocenters. The molecule has 0 aliphatic heterocycles. The van der Waals surface area contributed by atoms with Gasteiger partial charge in [0.2, 0.25) is 0 Å². The summed E-state index contributed by atoms with van der Waals surface area (Å²) < 4.78 is 1.78. The van der Waals surface area contributed by atoms with Crippen molar-refractivity contribution in [2.75, 3.05) is 11.9 Å². The van der Waals surface area contributed by atoms with Crippen LogP contribution in [0.2, 0.25) is 0 Å². The molecule has 1 N–H and O–H groups in total. The molecule has 4 rings (SSSR count). The highest BCUT2D eigenvalue weighted by atomic mass is 15.3. The van der Waals surface area contributed by atoms with Crippen LogP contribution in [0.4, 0.5) is 5.82 Å². The van der Waals surface area contributed by atoms with E-state index >= 15 is 0 Å². The zero-order chi connectivity index (χ0) is 15.7. The van der Waals surface area contributed by atoms with E-state index in [4.69, 9.17) is 0 Å². The lowest BCUT2D eigenvalue weighted by Gasteiger charge is -2.30. The average Bonchev–Trinajstić information content (AvgIpc) is 3.22. The van der Waals surface area contributed by atoms with Crippen molar-refractivity contribution in [1.29, 1.82) is 0 Å². The SMILES string of the molecule is Cn1ncc2c(NCC3(c4ccccc4)CCCC3)ncnc21. The summed E-state index contributed by atoms with van der Waals surface area (Å²) in [5, 5.41) is 8.85. The Hall–Kier alpha value is -2.43. The van der Waals surface area contributed by atoms with Crippen LogP contribution in [0.25, 0.3) is 11.0 Å². The number of benzene rings is 1. The second kappa shape index (κ2) is 5.65. The first kappa shape index (κ1) is 14.2. The van der Waals surface area contributed by atoms with E-state index in [1.165, 1.54) is 31.2 Å². The van der Waals surface area contributed by atoms with Gasteiger partial charge in [0.1, 0.15) is 12.1 Å². The Morgan fingerprint density at radius 1 is 1.13 bits per heavy atom. The van der Waals surface area contributed by atoms with Crippen molar-refractivity contribution in [2.45, 2.75) is 31.1 Å². The first-order valence-electron chi connectivity index (χ1n) is 8.21. The summed E-state index contributed by atoms with van der Waals surface area (Å²) in [7, 11) is 1.90. The Balaban J connectivity index is 1.63. The van der Waals surface area contributed by atoms with E-state index in [-0.39, 0.29) is 5.41 Å². The molecule has 5 heteroatoms. The van der Waals surface area contributed by atoms with Gasteiger partial charge >= 0.3 is 0 Å². The summed E-state index contributed by atoms with van der Waals surface area (Å²) in [4.78, 5) is 8.74. The summed E-state index contributed by atoms with van der Waals surface area (Å²) in [6.07, 6.45) is 8.49. The van der Waals surface area contributed by atoms with Gasteiger partial charge in [-0.2, -0.15) is 5.10 Å². The topological polar surface area (TPSA) is 55.6 Å². The zero-order valence-electron chi connectivity index (χ0n) is 13.4. The average molecular weight is 307 g/mol. The van der Waals surface area contributed by atoms with E-state index in [9.17, 15) is 0 Å². The molecule has 0 spiro atoms. The molecule has 23 heavy (non-hydrogen) atoms. The van der Waals surface area contributed by atoms with E-state index in [0.29, 0.717) is 0 Å². The number of fused-ring (bicyclic) bond motifs is 1. The quantitative estimate of drug-likeness (QED) is 0.803. The van der Waals surface area contributed by atoms with Crippen molar-refractivity contribution in [3.63, 3.8) is 0 Å². The predicted molar refractivity (Wildman–Crippen MR) is 91.4 cm³/mol. The van der Waals surface area contributed by atoms with Gasteiger partial charge < -0.3 is 5.32 Å². The molecule has 1 aliphatic carbocycles. The maximum absolute atomic E-state index is 4.43. The summed E-state index contributed by atoms with van der Waals surface area (Å²) in [6, 6.07) is 10.9. The minimum Gasteiger partial charge on any atom is -0.368 e. The molecule has 3 aromatic rings. The third-order valence-corrected chi connectivity index (χ3v) is 5.07. The van der Waals surface area contributed by atoms with E-state index in [2.05, 4.69) is 50.7 Å². The maximum Gasteiger partial charge on any atom is 0.163 e. The van der Waals surface area contributed by atoms with Crippen molar-refractivity contribution in [3.05, 3.63) is 48.4 Å². The van der Waals surface area contributed by atoms with E-state index < -0.39 is 0 Å². The Kier molecular flexibility index (Phi) is 3.48. The first-order chi connectivity index (χ1) is 11.3. The molecule has 0 saturated heterocycles. The third kappa shape index (κ3) is 2.46. The van der Waals surface area contributed by atoms with Crippen molar-refractivity contribution < 1.29 is 0 Å². The van der Waals surface area contributed by atoms with Gasteiger partial charge in [-0.25, -0.2) is 9.97 Å². The summed E-state index contributed by atoms with van der Waals surface area (Å²) in [6.45, 7) is 0.901. The normalized spacial score (nSPS) is 16.7. The molecule has 1 aliphatic rings. The summed E-state index contributed by atoms with van der Waals surface area (Å²) >= 11 is 0. The van der Waals surface area contributed by atoms with E-state index in [1.807, 2.05) is 13.2 Å². The molecule has 2 heterocycles. The van der Waals surface area contributed by atoms with Crippen LogP contribution in [0, 0.1) is 0 Å². The fourth-order valence-corrected chi connectivity index (χ4v) is 3.77. The smallest absolute Gasteiger partial charge is 0.163 e. The molecule has 5 nitrogen and oxygen atoms in total. The highest BCUT2D eigenvalue weighted by Crippen LogP contribution is 2.41. The monoisotopic (exact) mass is 307 g/mol. The van der Waals surface area contributed by atoms with Gasteiger partial charge in [0, 0.05) is 19.0 Å². The van der Waals surface area contributed by atoms with Gasteiger partial charge in [-0.15, -0.1) is 0 Å². The van der Waals surface area contributed by atoms with Crippen molar-refractivity contribution in [1.82, 2.24) is 19.7 Å². The van der Waals surface area contributed by atoms with Crippen LogP contribution in [0.1, 0.15) is 31.2 Å². The van der Waals surface area contributed by atoms with Gasteiger partial charge in [0.25, 0.3) is 0 Å². The van der Waals surface area contributed by atoms with Gasteiger partial charge in [0.05, 0.1) is 11.6 Å². The van der Waals surface area contributed by atoms with Crippen LogP contribution < -0.4 is 5.32 Å². The van der Waals surface area contributed by atoms with Crippen molar-refractivity contribution >= 4 is 16.9 Å². The largest absolute Gasteiger partial charge is 0.368 e. The predicted octanol–water partition coefficient (Wildman–Crippen LogP) is 3.29. The highest BCUT2D eigenvalue weighted by molar-refractivity contribution is 5.86. The Bertz CT molecular complexity index is 803. The molecule has 0 radical (unpaired) electrons. The Labute approximate surface area is 135 Å². The molecule has 0 bridgehead atoms. The molecule has 0 atom stereocenters. The molecule has 1 saturated carbocycles. The van der Waals surface area contributed by atoms with Gasteiger partial charge in [0.15, 0.2) is 5.65 Å². The lowest BCUT2D eigenvalue weighted by Crippen LogP contribution is -2.31. The van der Waals surface area contributed by atoms with Crippen LogP contribution in [0.3, 0.4) is 0 Å². The lowest BCUT2D eigenvalue weighted by molar-refractivity contribution is 0.466. The van der Waals surface area contributed by atoms with E-state index in [0.717, 1.165) is 23.4 Å². The van der Waals surface area contributed by atoms with Crippen molar-refractivity contribution in [3.8, 4) is 0 Å². The number of nitrogens with zero attached hydrogens (tertiary/aromatic N) is 4. The zero-order valence-corrected chi connectivity index (χ0v) is 13.4. The lowest BCUT2D eigenvalue weighted by atomic mass is 9.79. The van der Waals surface area contributed by atoms with Crippen LogP contribution in [0.5, 0.6) is 0 Å². The van der Waals surface area contributed by atoms with Crippen LogP contribution in [0.15, 0.2) is 42.9 Å². The third-order valence-electron chi connectivity index (χ3n) is 5.07. The standard InChI is InChI=1S/C18H21N5/c1-23-17-15(11-22-23)16(20-13-21-17)19-12-18(9-5-6-10-18)14-7-3-2-4-8-14/h2-4,7-8,11,13H,5-6,9-10,12H2,1H3,(H,19,20,21). The summed E-state index contributed by atoms with van der Waals surface area (Å²) in [5.74, 6) is 0.880. The van der Waals surface area contributed by atoms with Crippen molar-refractivity contribution in [2.24, 2.45) is 7.05 Å². The molecule has 1 aromatic carbocycles. The Morgan fingerprint density at radius 3 is 2.70 bits per heavy atom. The number of rotatable bonds is 4. The van der Waals surface area contributed by atoms with Crippen LogP contribution >= 0.6 is 0 Å². The van der Waals surface area contributed by atoms with Gasteiger partial charge in [-0.3, -0.25) is 4.68 Å². The molecular weight excluding hydrogens is 286 g/mol. The number of anilines is 1.